The SMILES string of the molecule is Cc1nc2nc(N3CCOC(c4cnn(C56CC(C5)C6)c4)C3)nc(-c3ccc(F)cc3F)c2nc1C. The number of hydrogen-bond donors (Lipinski definition) is 0. The molecule has 4 fully saturated rings. The predicted molar refractivity (Wildman–Crippen MR) is 128 cm³/mol. The van der Waals surface area contributed by atoms with E-state index in [9.17, 15) is 8.78 Å². The molecule has 0 amide bonds. The van der Waals surface area contributed by atoms with Gasteiger partial charge in [0.05, 0.1) is 36.3 Å². The molecule has 1 aliphatic heterocycles. The van der Waals surface area contributed by atoms with E-state index < -0.39 is 11.6 Å². The van der Waals surface area contributed by atoms with Crippen LogP contribution in [0.5, 0.6) is 0 Å². The van der Waals surface area contributed by atoms with E-state index in [1.54, 1.807) is 0 Å². The minimum Gasteiger partial charge on any atom is -0.370 e. The van der Waals surface area contributed by atoms with Crippen molar-refractivity contribution in [3.8, 4) is 11.3 Å². The average molecular weight is 490 g/mol. The van der Waals surface area contributed by atoms with E-state index in [2.05, 4.69) is 25.9 Å². The fraction of sp³-hybridized carbons (Fsp3) is 0.423. The summed E-state index contributed by atoms with van der Waals surface area (Å²) in [4.78, 5) is 20.7. The summed E-state index contributed by atoms with van der Waals surface area (Å²) >= 11 is 0. The summed E-state index contributed by atoms with van der Waals surface area (Å²) in [5.41, 5.74) is 3.91. The Morgan fingerprint density at radius 3 is 2.58 bits per heavy atom. The molecule has 1 aromatic carbocycles. The fourth-order valence-electron chi connectivity index (χ4n) is 5.62. The molecule has 2 bridgehead atoms. The molecule has 4 aromatic rings. The number of morpholine rings is 1. The van der Waals surface area contributed by atoms with E-state index in [4.69, 9.17) is 14.7 Å². The Balaban J connectivity index is 1.26. The summed E-state index contributed by atoms with van der Waals surface area (Å²) in [6.07, 6.45) is 7.49. The molecule has 1 saturated heterocycles. The maximum atomic E-state index is 14.8. The molecule has 1 atom stereocenters. The summed E-state index contributed by atoms with van der Waals surface area (Å²) in [7, 11) is 0. The fourth-order valence-corrected chi connectivity index (χ4v) is 5.62. The lowest BCUT2D eigenvalue weighted by Gasteiger charge is -2.61. The van der Waals surface area contributed by atoms with Crippen LogP contribution >= 0.6 is 0 Å². The smallest absolute Gasteiger partial charge is 0.228 e. The summed E-state index contributed by atoms with van der Waals surface area (Å²) in [6.45, 7) is 5.28. The highest BCUT2D eigenvalue weighted by Gasteiger charge is 2.58. The van der Waals surface area contributed by atoms with Crippen molar-refractivity contribution in [3.63, 3.8) is 0 Å². The first-order valence-corrected chi connectivity index (χ1v) is 12.3. The van der Waals surface area contributed by atoms with Gasteiger partial charge in [0.2, 0.25) is 5.95 Å². The molecule has 36 heavy (non-hydrogen) atoms. The molecular weight excluding hydrogens is 464 g/mol. The number of hydrogen-bond acceptors (Lipinski definition) is 7. The van der Waals surface area contributed by atoms with E-state index in [1.807, 2.05) is 24.9 Å². The van der Waals surface area contributed by atoms with Crippen LogP contribution in [-0.4, -0.2) is 49.4 Å². The number of nitrogens with zero attached hydrogens (tertiary/aromatic N) is 7. The Morgan fingerprint density at radius 2 is 1.83 bits per heavy atom. The molecule has 8 rings (SSSR count). The van der Waals surface area contributed by atoms with Gasteiger partial charge >= 0.3 is 0 Å². The van der Waals surface area contributed by atoms with Crippen molar-refractivity contribution < 1.29 is 13.5 Å². The highest BCUT2D eigenvalue weighted by molar-refractivity contribution is 5.88. The first kappa shape index (κ1) is 21.7. The lowest BCUT2D eigenvalue weighted by Crippen LogP contribution is -2.59. The molecule has 0 N–H and O–H groups in total. The van der Waals surface area contributed by atoms with Crippen LogP contribution in [-0.2, 0) is 10.3 Å². The largest absolute Gasteiger partial charge is 0.370 e. The van der Waals surface area contributed by atoms with Crippen molar-refractivity contribution in [2.45, 2.75) is 44.8 Å². The number of halogens is 2. The zero-order valence-electron chi connectivity index (χ0n) is 20.1. The van der Waals surface area contributed by atoms with Crippen LogP contribution in [0.15, 0.2) is 30.6 Å². The van der Waals surface area contributed by atoms with Gasteiger partial charge in [-0.2, -0.15) is 10.1 Å². The molecular formula is C26H25F2N7O. The van der Waals surface area contributed by atoms with E-state index >= 15 is 0 Å². The van der Waals surface area contributed by atoms with Crippen molar-refractivity contribution in [1.29, 1.82) is 0 Å². The van der Waals surface area contributed by atoms with Gasteiger partial charge in [-0.1, -0.05) is 0 Å². The number of benzene rings is 1. The second-order valence-electron chi connectivity index (χ2n) is 10.3. The minimum absolute atomic E-state index is 0.159. The van der Waals surface area contributed by atoms with Crippen LogP contribution in [0, 0.1) is 31.4 Å². The van der Waals surface area contributed by atoms with Gasteiger partial charge in [-0.05, 0) is 51.2 Å². The molecule has 184 valence electrons. The molecule has 3 aliphatic carbocycles. The van der Waals surface area contributed by atoms with Gasteiger partial charge in [0, 0.05) is 29.9 Å². The average Bonchev–Trinajstić information content (AvgIpc) is 3.27. The van der Waals surface area contributed by atoms with Gasteiger partial charge in [-0.3, -0.25) is 4.68 Å². The first-order valence-electron chi connectivity index (χ1n) is 12.3. The normalized spacial score (nSPS) is 25.1. The van der Waals surface area contributed by atoms with Crippen LogP contribution < -0.4 is 4.90 Å². The Morgan fingerprint density at radius 1 is 1.03 bits per heavy atom. The number of rotatable bonds is 4. The Kier molecular flexibility index (Phi) is 4.67. The van der Waals surface area contributed by atoms with Gasteiger partial charge in [0.1, 0.15) is 28.9 Å². The van der Waals surface area contributed by atoms with Crippen LogP contribution in [0.3, 0.4) is 0 Å². The third-order valence-corrected chi connectivity index (χ3v) is 7.93. The van der Waals surface area contributed by atoms with Crippen molar-refractivity contribution in [2.75, 3.05) is 24.6 Å². The minimum atomic E-state index is -0.707. The zero-order chi connectivity index (χ0) is 24.6. The van der Waals surface area contributed by atoms with Crippen molar-refractivity contribution in [3.05, 3.63) is 59.2 Å². The topological polar surface area (TPSA) is 81.9 Å². The quantitative estimate of drug-likeness (QED) is 0.424. The second kappa shape index (κ2) is 7.73. The number of aromatic nitrogens is 6. The Bertz CT molecular complexity index is 1500. The second-order valence-corrected chi connectivity index (χ2v) is 10.3. The molecule has 0 radical (unpaired) electrons. The summed E-state index contributed by atoms with van der Waals surface area (Å²) in [6, 6.07) is 3.45. The standard InChI is InChI=1S/C26H25F2N7O/c1-14-15(2)31-24-23(30-14)22(19-4-3-18(27)7-20(19)28)32-25(33-24)34-5-6-36-21(13-34)17-11-29-35(12-17)26-8-16(9-26)10-26/h3-4,7,11-12,16,21H,5-6,8-10,13H2,1-2H3. The maximum absolute atomic E-state index is 14.8. The van der Waals surface area contributed by atoms with Gasteiger partial charge in [0.15, 0.2) is 5.65 Å². The molecule has 3 aromatic heterocycles. The Hall–Kier alpha value is -3.53. The van der Waals surface area contributed by atoms with Crippen molar-refractivity contribution >= 4 is 17.1 Å². The van der Waals surface area contributed by atoms with E-state index in [0.29, 0.717) is 48.2 Å². The molecule has 8 nitrogen and oxygen atoms in total. The van der Waals surface area contributed by atoms with Crippen molar-refractivity contribution in [2.24, 2.45) is 5.92 Å². The lowest BCUT2D eigenvalue weighted by atomic mass is 9.50. The molecule has 0 spiro atoms. The molecule has 1 unspecified atom stereocenters. The third kappa shape index (κ3) is 3.31. The van der Waals surface area contributed by atoms with Crippen LogP contribution in [0.4, 0.5) is 14.7 Å². The number of ether oxygens (including phenoxy) is 1. The highest BCUT2D eigenvalue weighted by atomic mass is 19.1. The molecule has 10 heteroatoms. The summed E-state index contributed by atoms with van der Waals surface area (Å²) in [5.74, 6) is -0.0658. The predicted octanol–water partition coefficient (Wildman–Crippen LogP) is 4.27. The monoisotopic (exact) mass is 489 g/mol. The van der Waals surface area contributed by atoms with E-state index in [1.165, 1.54) is 31.4 Å². The summed E-state index contributed by atoms with van der Waals surface area (Å²) < 4.78 is 36.7. The van der Waals surface area contributed by atoms with E-state index in [-0.39, 0.29) is 17.2 Å². The number of fused-ring (bicyclic) bond motifs is 1. The van der Waals surface area contributed by atoms with Gasteiger partial charge in [-0.25, -0.2) is 23.7 Å². The number of anilines is 1. The zero-order valence-corrected chi connectivity index (χ0v) is 20.1. The van der Waals surface area contributed by atoms with Crippen LogP contribution in [0.2, 0.25) is 0 Å². The van der Waals surface area contributed by atoms with Gasteiger partial charge in [-0.15, -0.1) is 0 Å². The van der Waals surface area contributed by atoms with Crippen molar-refractivity contribution in [1.82, 2.24) is 29.7 Å². The van der Waals surface area contributed by atoms with Gasteiger partial charge in [0.25, 0.3) is 0 Å². The Labute approximate surface area is 206 Å². The lowest BCUT2D eigenvalue weighted by molar-refractivity contribution is -0.0979. The molecule has 4 heterocycles. The first-order chi connectivity index (χ1) is 17.4. The number of aryl methyl sites for hydroxylation is 2. The third-order valence-electron chi connectivity index (χ3n) is 7.93. The van der Waals surface area contributed by atoms with E-state index in [0.717, 1.165) is 23.2 Å². The summed E-state index contributed by atoms with van der Waals surface area (Å²) in [5, 5.41) is 4.65. The van der Waals surface area contributed by atoms with Gasteiger partial charge < -0.3 is 9.64 Å². The van der Waals surface area contributed by atoms with Crippen LogP contribution in [0.25, 0.3) is 22.4 Å². The maximum Gasteiger partial charge on any atom is 0.228 e. The van der Waals surface area contributed by atoms with Crippen LogP contribution in [0.1, 0.15) is 42.3 Å². The highest BCUT2D eigenvalue weighted by Crippen LogP contribution is 2.62. The molecule has 3 saturated carbocycles. The molecule has 4 aliphatic rings.